The smallest absolute Gasteiger partial charge is 0.343 e. The number of benzene rings is 3. The average molecular weight is 443 g/mol. The molecule has 6 heteroatoms. The molecule has 3 aromatic rings. The van der Waals surface area contributed by atoms with Crippen LogP contribution in [0, 0.1) is 11.7 Å². The van der Waals surface area contributed by atoms with Gasteiger partial charge in [-0.3, -0.25) is 0 Å². The first kappa shape index (κ1) is 20.9. The monoisotopic (exact) mass is 443 g/mol. The van der Waals surface area contributed by atoms with Gasteiger partial charge < -0.3 is 14.8 Å². The molecule has 1 aliphatic carbocycles. The number of rotatable bonds is 4. The third-order valence-corrected chi connectivity index (χ3v) is 6.32. The summed E-state index contributed by atoms with van der Waals surface area (Å²) in [6.45, 7) is 0. The number of esters is 2. The highest BCUT2D eigenvalue weighted by molar-refractivity contribution is 5.96. The average Bonchev–Trinajstić information content (AvgIpc) is 3.34. The maximum absolute atomic E-state index is 13.4. The standard InChI is InChI=1S/C27H22FNO4/c1-32-27(31)21-5-2-3-8-24(21)33-26(30)17-11-14-23-22(15-17)19-6-4-7-20(19)25(29-23)16-9-12-18(28)13-10-16/h2-6,8-15,19-20,25,29H,7H2,1H3/t19-,20+,25-/m0/s1. The summed E-state index contributed by atoms with van der Waals surface area (Å²) in [5.41, 5.74) is 3.57. The summed E-state index contributed by atoms with van der Waals surface area (Å²) in [4.78, 5) is 24.9. The molecule has 0 bridgehead atoms. The predicted molar refractivity (Wildman–Crippen MR) is 122 cm³/mol. The molecule has 0 saturated heterocycles. The second-order valence-corrected chi connectivity index (χ2v) is 8.21. The van der Waals surface area contributed by atoms with Crippen LogP contribution in [-0.4, -0.2) is 19.0 Å². The lowest BCUT2D eigenvalue weighted by atomic mass is 9.76. The SMILES string of the molecule is COC(=O)c1ccccc1OC(=O)c1ccc2c(c1)[C@H]1C=CC[C@H]1[C@H](c1ccc(F)cc1)N2. The van der Waals surface area contributed by atoms with Crippen molar-refractivity contribution in [1.29, 1.82) is 0 Å². The number of anilines is 1. The van der Waals surface area contributed by atoms with Crippen molar-refractivity contribution < 1.29 is 23.5 Å². The van der Waals surface area contributed by atoms with Gasteiger partial charge in [-0.2, -0.15) is 0 Å². The van der Waals surface area contributed by atoms with E-state index in [1.165, 1.54) is 19.2 Å². The van der Waals surface area contributed by atoms with E-state index in [-0.39, 0.29) is 35.0 Å². The van der Waals surface area contributed by atoms with Crippen LogP contribution in [0.4, 0.5) is 10.1 Å². The van der Waals surface area contributed by atoms with E-state index in [2.05, 4.69) is 17.5 Å². The molecule has 0 radical (unpaired) electrons. The van der Waals surface area contributed by atoms with Crippen LogP contribution in [-0.2, 0) is 4.74 Å². The highest BCUT2D eigenvalue weighted by atomic mass is 19.1. The van der Waals surface area contributed by atoms with E-state index in [4.69, 9.17) is 9.47 Å². The third-order valence-electron chi connectivity index (χ3n) is 6.32. The van der Waals surface area contributed by atoms with Crippen LogP contribution >= 0.6 is 0 Å². The van der Waals surface area contributed by atoms with E-state index in [0.29, 0.717) is 5.56 Å². The van der Waals surface area contributed by atoms with Gasteiger partial charge in [-0.15, -0.1) is 0 Å². The largest absolute Gasteiger partial charge is 0.465 e. The van der Waals surface area contributed by atoms with Gasteiger partial charge in [0.2, 0.25) is 0 Å². The van der Waals surface area contributed by atoms with E-state index in [0.717, 1.165) is 23.2 Å². The molecule has 0 fully saturated rings. The lowest BCUT2D eigenvalue weighted by Crippen LogP contribution is -2.29. The number of carbonyl (C=O) groups excluding carboxylic acids is 2. The van der Waals surface area contributed by atoms with Crippen molar-refractivity contribution in [2.75, 3.05) is 12.4 Å². The van der Waals surface area contributed by atoms with Gasteiger partial charge in [-0.05, 0) is 65.9 Å². The van der Waals surface area contributed by atoms with Crippen LogP contribution in [0.3, 0.4) is 0 Å². The van der Waals surface area contributed by atoms with Gasteiger partial charge in [-0.1, -0.05) is 36.4 Å². The summed E-state index contributed by atoms with van der Waals surface area (Å²) in [6, 6.07) is 18.5. The van der Waals surface area contributed by atoms with Crippen LogP contribution in [0.15, 0.2) is 78.9 Å². The number of ether oxygens (including phenoxy) is 2. The quantitative estimate of drug-likeness (QED) is 0.320. The van der Waals surface area contributed by atoms with E-state index in [9.17, 15) is 14.0 Å². The fourth-order valence-electron chi connectivity index (χ4n) is 4.71. The zero-order valence-electron chi connectivity index (χ0n) is 18.0. The van der Waals surface area contributed by atoms with Gasteiger partial charge >= 0.3 is 11.9 Å². The van der Waals surface area contributed by atoms with Gasteiger partial charge in [0.1, 0.15) is 17.1 Å². The molecule has 0 aromatic heterocycles. The van der Waals surface area contributed by atoms with E-state index >= 15 is 0 Å². The molecule has 5 rings (SSSR count). The van der Waals surface area contributed by atoms with E-state index < -0.39 is 11.9 Å². The molecule has 33 heavy (non-hydrogen) atoms. The molecule has 166 valence electrons. The second-order valence-electron chi connectivity index (χ2n) is 8.21. The Kier molecular flexibility index (Phi) is 5.42. The van der Waals surface area contributed by atoms with Gasteiger partial charge in [-0.25, -0.2) is 14.0 Å². The van der Waals surface area contributed by atoms with Crippen molar-refractivity contribution in [3.63, 3.8) is 0 Å². The summed E-state index contributed by atoms with van der Waals surface area (Å²) in [5, 5.41) is 3.58. The molecule has 1 heterocycles. The Labute approximate surface area is 190 Å². The molecule has 1 N–H and O–H groups in total. The first-order chi connectivity index (χ1) is 16.0. The van der Waals surface area contributed by atoms with Gasteiger partial charge in [0.25, 0.3) is 0 Å². The Morgan fingerprint density at radius 2 is 1.79 bits per heavy atom. The number of allylic oxidation sites excluding steroid dienone is 2. The molecule has 3 atom stereocenters. The van der Waals surface area contributed by atoms with Gasteiger partial charge in [0.05, 0.1) is 18.7 Å². The molecule has 0 saturated carbocycles. The molecule has 0 amide bonds. The number of methoxy groups -OCH3 is 1. The summed E-state index contributed by atoms with van der Waals surface area (Å²) < 4.78 is 23.7. The summed E-state index contributed by atoms with van der Waals surface area (Å²) in [5.74, 6) is -0.832. The van der Waals surface area contributed by atoms with E-state index in [1.54, 1.807) is 30.3 Å². The van der Waals surface area contributed by atoms with Crippen LogP contribution in [0.2, 0.25) is 0 Å². The molecular formula is C27H22FNO4. The summed E-state index contributed by atoms with van der Waals surface area (Å²) >= 11 is 0. The Bertz CT molecular complexity index is 1250. The Balaban J connectivity index is 1.43. The molecule has 2 aliphatic rings. The number of hydrogen-bond donors (Lipinski definition) is 1. The van der Waals surface area contributed by atoms with Crippen LogP contribution < -0.4 is 10.1 Å². The molecular weight excluding hydrogens is 421 g/mol. The number of halogens is 1. The normalized spacial score (nSPS) is 20.4. The Morgan fingerprint density at radius 3 is 2.58 bits per heavy atom. The third kappa shape index (κ3) is 3.89. The minimum absolute atomic E-state index is 0.0443. The fraction of sp³-hybridized carbons (Fsp3) is 0.185. The van der Waals surface area contributed by atoms with Crippen LogP contribution in [0.25, 0.3) is 0 Å². The molecule has 0 unspecified atom stereocenters. The first-order valence-corrected chi connectivity index (χ1v) is 10.8. The van der Waals surface area contributed by atoms with Crippen molar-refractivity contribution in [3.8, 4) is 5.75 Å². The fourth-order valence-corrected chi connectivity index (χ4v) is 4.71. The Morgan fingerprint density at radius 1 is 1.00 bits per heavy atom. The maximum atomic E-state index is 13.4. The minimum Gasteiger partial charge on any atom is -0.465 e. The number of fused-ring (bicyclic) bond motifs is 3. The lowest BCUT2D eigenvalue weighted by molar-refractivity contribution is 0.0593. The molecule has 5 nitrogen and oxygen atoms in total. The molecule has 3 aromatic carbocycles. The van der Waals surface area contributed by atoms with Crippen molar-refractivity contribution in [2.45, 2.75) is 18.4 Å². The van der Waals surface area contributed by atoms with Crippen LogP contribution in [0.1, 0.15) is 50.2 Å². The van der Waals surface area contributed by atoms with Crippen molar-refractivity contribution in [3.05, 3.63) is 107 Å². The minimum atomic E-state index is -0.571. The zero-order chi connectivity index (χ0) is 22.9. The Hall–Kier alpha value is -3.93. The van der Waals surface area contributed by atoms with Crippen molar-refractivity contribution in [2.24, 2.45) is 5.92 Å². The van der Waals surface area contributed by atoms with E-state index in [1.807, 2.05) is 24.3 Å². The highest BCUT2D eigenvalue weighted by Gasteiger charge is 2.38. The summed E-state index contributed by atoms with van der Waals surface area (Å²) in [6.07, 6.45) is 5.21. The number of carbonyl (C=O) groups is 2. The van der Waals surface area contributed by atoms with Crippen molar-refractivity contribution in [1.82, 2.24) is 0 Å². The lowest BCUT2D eigenvalue weighted by Gasteiger charge is -2.37. The van der Waals surface area contributed by atoms with Gasteiger partial charge in [0.15, 0.2) is 0 Å². The van der Waals surface area contributed by atoms with Crippen molar-refractivity contribution >= 4 is 17.6 Å². The maximum Gasteiger partial charge on any atom is 0.343 e. The predicted octanol–water partition coefficient (Wildman–Crippen LogP) is 5.66. The number of para-hydroxylation sites is 1. The first-order valence-electron chi connectivity index (χ1n) is 10.8. The van der Waals surface area contributed by atoms with Gasteiger partial charge in [0, 0.05) is 11.6 Å². The van der Waals surface area contributed by atoms with Crippen LogP contribution in [0.5, 0.6) is 5.75 Å². The molecule has 0 spiro atoms. The highest BCUT2D eigenvalue weighted by Crippen LogP contribution is 2.50. The number of hydrogen-bond acceptors (Lipinski definition) is 5. The summed E-state index contributed by atoms with van der Waals surface area (Å²) in [7, 11) is 1.28. The molecule has 1 aliphatic heterocycles. The topological polar surface area (TPSA) is 64.6 Å². The number of nitrogens with one attached hydrogen (secondary N) is 1. The second kappa shape index (κ2) is 8.54. The zero-order valence-corrected chi connectivity index (χ0v) is 18.0.